The second kappa shape index (κ2) is 17.1. The van der Waals surface area contributed by atoms with E-state index >= 15 is 0 Å². The smallest absolute Gasteiger partial charge is 0.326 e. The first-order valence-electron chi connectivity index (χ1n) is 13.7. The van der Waals surface area contributed by atoms with Gasteiger partial charge in [0.1, 0.15) is 24.2 Å². The summed E-state index contributed by atoms with van der Waals surface area (Å²) in [6.07, 6.45) is -0.184. The van der Waals surface area contributed by atoms with Crippen LogP contribution in [0.4, 0.5) is 0 Å². The zero-order valence-electron chi connectivity index (χ0n) is 23.9. The fourth-order valence-corrected chi connectivity index (χ4v) is 4.27. The number of amides is 4. The molecule has 0 aromatic carbocycles. The predicted octanol–water partition coefficient (Wildman–Crippen LogP) is -0.806. The van der Waals surface area contributed by atoms with Crippen LogP contribution >= 0.6 is 0 Å². The fraction of sp³-hybridized carbons (Fsp3) is 0.731. The third-order valence-electron chi connectivity index (χ3n) is 6.51. The monoisotopic (exact) mass is 585 g/mol. The Morgan fingerprint density at radius 2 is 1.22 bits per heavy atom. The quantitative estimate of drug-likeness (QED) is 0.0989. The van der Waals surface area contributed by atoms with Gasteiger partial charge in [0.2, 0.25) is 23.6 Å². The zero-order chi connectivity index (χ0) is 31.3. The molecule has 0 aromatic rings. The van der Waals surface area contributed by atoms with Crippen LogP contribution in [0, 0.1) is 11.8 Å². The van der Waals surface area contributed by atoms with Crippen LogP contribution < -0.4 is 26.6 Å². The summed E-state index contributed by atoms with van der Waals surface area (Å²) in [6, 6.07) is -5.74. The van der Waals surface area contributed by atoms with Gasteiger partial charge in [-0.05, 0) is 50.5 Å². The molecule has 15 nitrogen and oxygen atoms in total. The van der Waals surface area contributed by atoms with Crippen molar-refractivity contribution in [1.82, 2.24) is 26.6 Å². The maximum absolute atomic E-state index is 13.2. The standard InChI is InChI=1S/C26H43N5O10/c1-13(2)12-18(30-22(36)15-6-5-11-27-15)25(39)29-16(7-9-19(32)33)23(37)28-17(8-10-20(34)35)24(38)31-21(14(3)4)26(40)41/h13-18,21,27H,5-12H2,1-4H3,(H,28,37)(H,29,39)(H,30,36)(H,31,38)(H,32,33)(H,34,35)(H,40,41)/t15-,16-,17-,18-,21-/m0/s1. The van der Waals surface area contributed by atoms with E-state index in [4.69, 9.17) is 5.11 Å². The number of nitrogens with one attached hydrogen (secondary N) is 5. The lowest BCUT2D eigenvalue weighted by molar-refractivity contribution is -0.144. The average molecular weight is 586 g/mol. The molecule has 1 rings (SSSR count). The molecule has 0 aromatic heterocycles. The van der Waals surface area contributed by atoms with Crippen LogP contribution in [-0.4, -0.2) is 93.6 Å². The van der Waals surface area contributed by atoms with E-state index in [1.807, 2.05) is 13.8 Å². The van der Waals surface area contributed by atoms with Crippen molar-refractivity contribution in [2.75, 3.05) is 6.54 Å². The van der Waals surface area contributed by atoms with Gasteiger partial charge in [0.05, 0.1) is 6.04 Å². The molecule has 232 valence electrons. The van der Waals surface area contributed by atoms with E-state index in [1.54, 1.807) is 13.8 Å². The van der Waals surface area contributed by atoms with Crippen LogP contribution in [0.2, 0.25) is 0 Å². The van der Waals surface area contributed by atoms with E-state index in [2.05, 4.69) is 26.6 Å². The topological polar surface area (TPSA) is 240 Å². The maximum Gasteiger partial charge on any atom is 0.326 e. The summed E-state index contributed by atoms with van der Waals surface area (Å²) >= 11 is 0. The minimum Gasteiger partial charge on any atom is -0.481 e. The van der Waals surface area contributed by atoms with Crippen LogP contribution in [0.5, 0.6) is 0 Å². The van der Waals surface area contributed by atoms with E-state index in [0.717, 1.165) is 6.42 Å². The molecule has 41 heavy (non-hydrogen) atoms. The van der Waals surface area contributed by atoms with Gasteiger partial charge in [-0.3, -0.25) is 28.8 Å². The summed E-state index contributed by atoms with van der Waals surface area (Å²) in [5.41, 5.74) is 0. The predicted molar refractivity (Wildman–Crippen MR) is 144 cm³/mol. The Balaban J connectivity index is 3.13. The van der Waals surface area contributed by atoms with Gasteiger partial charge in [-0.2, -0.15) is 0 Å². The third kappa shape index (κ3) is 13.0. The highest BCUT2D eigenvalue weighted by atomic mass is 16.4. The number of hydrogen-bond acceptors (Lipinski definition) is 8. The Morgan fingerprint density at radius 3 is 1.61 bits per heavy atom. The Kier molecular flexibility index (Phi) is 14.8. The van der Waals surface area contributed by atoms with Gasteiger partial charge in [-0.1, -0.05) is 27.7 Å². The summed E-state index contributed by atoms with van der Waals surface area (Å²) in [5, 5.41) is 40.5. The Labute approximate surface area is 238 Å². The molecule has 8 N–H and O–H groups in total. The molecular weight excluding hydrogens is 542 g/mol. The van der Waals surface area contributed by atoms with Crippen molar-refractivity contribution in [2.24, 2.45) is 11.8 Å². The largest absolute Gasteiger partial charge is 0.481 e. The highest BCUT2D eigenvalue weighted by Crippen LogP contribution is 2.11. The Bertz CT molecular complexity index is 964. The number of carboxylic acid groups (broad SMARTS) is 3. The van der Waals surface area contributed by atoms with E-state index in [0.29, 0.717) is 13.0 Å². The number of hydrogen-bond donors (Lipinski definition) is 8. The minimum atomic E-state index is -1.48. The molecule has 0 spiro atoms. The molecular formula is C26H43N5O10. The lowest BCUT2D eigenvalue weighted by Crippen LogP contribution is -2.59. The number of aliphatic carboxylic acids is 3. The molecule has 1 saturated heterocycles. The molecule has 0 aliphatic carbocycles. The molecule has 5 atom stereocenters. The highest BCUT2D eigenvalue weighted by Gasteiger charge is 2.33. The molecule has 1 aliphatic rings. The van der Waals surface area contributed by atoms with Gasteiger partial charge in [0.25, 0.3) is 0 Å². The van der Waals surface area contributed by atoms with Gasteiger partial charge in [-0.15, -0.1) is 0 Å². The zero-order valence-corrected chi connectivity index (χ0v) is 23.9. The van der Waals surface area contributed by atoms with Crippen LogP contribution in [0.1, 0.15) is 72.6 Å². The highest BCUT2D eigenvalue weighted by molar-refractivity contribution is 5.95. The molecule has 15 heteroatoms. The molecule has 0 saturated carbocycles. The average Bonchev–Trinajstić information content (AvgIpc) is 3.41. The van der Waals surface area contributed by atoms with E-state index in [-0.39, 0.29) is 24.7 Å². The summed E-state index contributed by atoms with van der Waals surface area (Å²) < 4.78 is 0. The number of carbonyl (C=O) groups is 7. The summed E-state index contributed by atoms with van der Waals surface area (Å²) in [7, 11) is 0. The van der Waals surface area contributed by atoms with Gasteiger partial charge >= 0.3 is 17.9 Å². The maximum atomic E-state index is 13.2. The summed E-state index contributed by atoms with van der Waals surface area (Å²) in [5.74, 6) is -7.41. The van der Waals surface area contributed by atoms with Gasteiger partial charge in [0, 0.05) is 12.8 Å². The third-order valence-corrected chi connectivity index (χ3v) is 6.51. The second-order valence-corrected chi connectivity index (χ2v) is 10.9. The van der Waals surface area contributed by atoms with Gasteiger partial charge in [-0.25, -0.2) is 4.79 Å². The van der Waals surface area contributed by atoms with Crippen LogP contribution in [0.3, 0.4) is 0 Å². The first-order valence-corrected chi connectivity index (χ1v) is 13.7. The fourth-order valence-electron chi connectivity index (χ4n) is 4.27. The van der Waals surface area contributed by atoms with Crippen molar-refractivity contribution in [3.8, 4) is 0 Å². The van der Waals surface area contributed by atoms with E-state index < -0.39 is 91.0 Å². The van der Waals surface area contributed by atoms with Crippen molar-refractivity contribution in [1.29, 1.82) is 0 Å². The second-order valence-electron chi connectivity index (χ2n) is 10.9. The molecule has 0 bridgehead atoms. The van der Waals surface area contributed by atoms with Crippen molar-refractivity contribution >= 4 is 41.5 Å². The normalized spacial score (nSPS) is 17.7. The Hall–Kier alpha value is -3.75. The molecule has 1 heterocycles. The molecule has 1 fully saturated rings. The lowest BCUT2D eigenvalue weighted by atomic mass is 10.0. The van der Waals surface area contributed by atoms with E-state index in [1.165, 1.54) is 0 Å². The van der Waals surface area contributed by atoms with Crippen LogP contribution in [-0.2, 0) is 33.6 Å². The molecule has 0 unspecified atom stereocenters. The van der Waals surface area contributed by atoms with Crippen molar-refractivity contribution < 1.29 is 48.9 Å². The van der Waals surface area contributed by atoms with Gasteiger partial charge < -0.3 is 41.9 Å². The van der Waals surface area contributed by atoms with Crippen molar-refractivity contribution in [2.45, 2.75) is 103 Å². The molecule has 4 amide bonds. The lowest BCUT2D eigenvalue weighted by Gasteiger charge is -2.27. The number of carbonyl (C=O) groups excluding carboxylic acids is 4. The van der Waals surface area contributed by atoms with Gasteiger partial charge in [0.15, 0.2) is 0 Å². The SMILES string of the molecule is CC(C)C[C@H](NC(=O)[C@@H]1CCCN1)C(=O)N[C@@H](CCC(=O)O)C(=O)N[C@@H](CCC(=O)O)C(=O)N[C@H](C(=O)O)C(C)C. The van der Waals surface area contributed by atoms with Crippen LogP contribution in [0.25, 0.3) is 0 Å². The first-order chi connectivity index (χ1) is 19.1. The van der Waals surface area contributed by atoms with Crippen molar-refractivity contribution in [3.05, 3.63) is 0 Å². The molecule has 0 radical (unpaired) electrons. The van der Waals surface area contributed by atoms with Crippen molar-refractivity contribution in [3.63, 3.8) is 0 Å². The number of rotatable bonds is 18. The summed E-state index contributed by atoms with van der Waals surface area (Å²) in [6.45, 7) is 7.44. The number of carboxylic acids is 3. The Morgan fingerprint density at radius 1 is 0.732 bits per heavy atom. The first kappa shape index (κ1) is 35.3. The summed E-state index contributed by atoms with van der Waals surface area (Å²) in [4.78, 5) is 85.9. The van der Waals surface area contributed by atoms with E-state index in [9.17, 15) is 43.8 Å². The molecule has 1 aliphatic heterocycles. The van der Waals surface area contributed by atoms with Crippen LogP contribution in [0.15, 0.2) is 0 Å². The minimum absolute atomic E-state index is 0.0267.